The van der Waals surface area contributed by atoms with E-state index in [0.29, 0.717) is 0 Å². The molecule has 0 aliphatic heterocycles. The standard InChI is InChI=1S/C12H20O2/c1-3-4-5-6-7-8-9-10-11-12(13)14-2/h8-11H,3-7H2,1-2H3/b9-8-,11-10+. The normalized spacial score (nSPS) is 11.3. The van der Waals surface area contributed by atoms with Gasteiger partial charge in [0.15, 0.2) is 0 Å². The van der Waals surface area contributed by atoms with Gasteiger partial charge in [0.25, 0.3) is 0 Å². The third-order valence-corrected chi connectivity index (χ3v) is 1.91. The molecule has 80 valence electrons. The van der Waals surface area contributed by atoms with Gasteiger partial charge in [-0.25, -0.2) is 4.79 Å². The molecular formula is C12H20O2. The first-order valence-electron chi connectivity index (χ1n) is 5.22. The van der Waals surface area contributed by atoms with E-state index < -0.39 is 0 Å². The molecule has 0 spiro atoms. The minimum atomic E-state index is -0.305. The Bertz CT molecular complexity index is 192. The first-order valence-corrected chi connectivity index (χ1v) is 5.22. The number of carbonyl (C=O) groups excluding carboxylic acids is 1. The van der Waals surface area contributed by atoms with Gasteiger partial charge < -0.3 is 4.74 Å². The van der Waals surface area contributed by atoms with Crippen LogP contribution in [0.5, 0.6) is 0 Å². The maximum Gasteiger partial charge on any atom is 0.330 e. The van der Waals surface area contributed by atoms with Crippen LogP contribution in [-0.2, 0) is 9.53 Å². The van der Waals surface area contributed by atoms with Gasteiger partial charge in [-0.1, -0.05) is 44.4 Å². The summed E-state index contributed by atoms with van der Waals surface area (Å²) < 4.78 is 4.45. The molecule has 2 nitrogen and oxygen atoms in total. The van der Waals surface area contributed by atoms with Crippen LogP contribution in [0.1, 0.15) is 39.0 Å². The second kappa shape index (κ2) is 10.0. The molecule has 0 saturated carbocycles. The van der Waals surface area contributed by atoms with E-state index in [9.17, 15) is 4.79 Å². The maximum absolute atomic E-state index is 10.6. The number of hydrogen-bond donors (Lipinski definition) is 0. The van der Waals surface area contributed by atoms with Crippen molar-refractivity contribution in [2.45, 2.75) is 39.0 Å². The predicted octanol–water partition coefficient (Wildman–Crippen LogP) is 3.24. The van der Waals surface area contributed by atoms with Gasteiger partial charge in [0, 0.05) is 6.08 Å². The zero-order valence-electron chi connectivity index (χ0n) is 9.16. The lowest BCUT2D eigenvalue weighted by Gasteiger charge is -1.92. The molecule has 0 atom stereocenters. The number of rotatable bonds is 7. The number of hydrogen-bond acceptors (Lipinski definition) is 2. The fourth-order valence-electron chi connectivity index (χ4n) is 1.07. The fourth-order valence-corrected chi connectivity index (χ4v) is 1.07. The van der Waals surface area contributed by atoms with E-state index >= 15 is 0 Å². The predicted molar refractivity (Wildman–Crippen MR) is 59.1 cm³/mol. The van der Waals surface area contributed by atoms with Crippen LogP contribution in [0, 0.1) is 0 Å². The molecule has 0 heterocycles. The lowest BCUT2D eigenvalue weighted by molar-refractivity contribution is -0.134. The van der Waals surface area contributed by atoms with Crippen molar-refractivity contribution in [1.29, 1.82) is 0 Å². The number of ether oxygens (including phenoxy) is 1. The zero-order valence-corrected chi connectivity index (χ0v) is 9.16. The van der Waals surface area contributed by atoms with Crippen LogP contribution < -0.4 is 0 Å². The van der Waals surface area contributed by atoms with Crippen molar-refractivity contribution in [1.82, 2.24) is 0 Å². The SMILES string of the molecule is CCCCCC/C=C\C=C\C(=O)OC. The van der Waals surface area contributed by atoms with E-state index in [1.165, 1.54) is 38.9 Å². The first kappa shape index (κ1) is 12.9. The molecule has 0 amide bonds. The third kappa shape index (κ3) is 9.04. The van der Waals surface area contributed by atoms with Crippen LogP contribution in [0.3, 0.4) is 0 Å². The molecule has 14 heavy (non-hydrogen) atoms. The second-order valence-electron chi connectivity index (χ2n) is 3.16. The number of allylic oxidation sites excluding steroid dienone is 3. The van der Waals surface area contributed by atoms with Crippen LogP contribution in [0.15, 0.2) is 24.3 Å². The van der Waals surface area contributed by atoms with Crippen molar-refractivity contribution < 1.29 is 9.53 Å². The highest BCUT2D eigenvalue weighted by molar-refractivity contribution is 5.82. The summed E-state index contributed by atoms with van der Waals surface area (Å²) in [5, 5.41) is 0. The van der Waals surface area contributed by atoms with E-state index in [1.54, 1.807) is 6.08 Å². The number of methoxy groups -OCH3 is 1. The Hall–Kier alpha value is -1.05. The second-order valence-corrected chi connectivity index (χ2v) is 3.16. The molecule has 0 aliphatic carbocycles. The molecule has 0 fully saturated rings. The molecule has 2 heteroatoms. The third-order valence-electron chi connectivity index (χ3n) is 1.91. The van der Waals surface area contributed by atoms with Gasteiger partial charge in [-0.2, -0.15) is 0 Å². The smallest absolute Gasteiger partial charge is 0.330 e. The molecule has 0 aromatic carbocycles. The van der Waals surface area contributed by atoms with Gasteiger partial charge >= 0.3 is 5.97 Å². The molecule has 0 bridgehead atoms. The number of carbonyl (C=O) groups is 1. The lowest BCUT2D eigenvalue weighted by atomic mass is 10.1. The molecule has 0 aromatic heterocycles. The minimum absolute atomic E-state index is 0.305. The number of esters is 1. The summed E-state index contributed by atoms with van der Waals surface area (Å²) in [6, 6.07) is 0. The molecule has 0 aromatic rings. The van der Waals surface area contributed by atoms with Gasteiger partial charge in [-0.15, -0.1) is 0 Å². The van der Waals surface area contributed by atoms with Gasteiger partial charge in [0.1, 0.15) is 0 Å². The Kier molecular flexibility index (Phi) is 9.28. The summed E-state index contributed by atoms with van der Waals surface area (Å²) in [7, 11) is 1.38. The summed E-state index contributed by atoms with van der Waals surface area (Å²) in [6.07, 6.45) is 13.3. The summed E-state index contributed by atoms with van der Waals surface area (Å²) in [5.41, 5.74) is 0. The Morgan fingerprint density at radius 1 is 1.21 bits per heavy atom. The topological polar surface area (TPSA) is 26.3 Å². The van der Waals surface area contributed by atoms with Crippen molar-refractivity contribution in [3.05, 3.63) is 24.3 Å². The maximum atomic E-state index is 10.6. The van der Waals surface area contributed by atoms with E-state index in [4.69, 9.17) is 0 Å². The Balaban J connectivity index is 3.35. The van der Waals surface area contributed by atoms with E-state index in [2.05, 4.69) is 17.7 Å². The summed E-state index contributed by atoms with van der Waals surface area (Å²) >= 11 is 0. The van der Waals surface area contributed by atoms with Crippen LogP contribution in [-0.4, -0.2) is 13.1 Å². The van der Waals surface area contributed by atoms with Crippen molar-refractivity contribution in [2.24, 2.45) is 0 Å². The number of unbranched alkanes of at least 4 members (excludes halogenated alkanes) is 4. The average molecular weight is 196 g/mol. The molecule has 0 saturated heterocycles. The zero-order chi connectivity index (χ0) is 10.6. The fraction of sp³-hybridized carbons (Fsp3) is 0.583. The molecule has 0 rings (SSSR count). The highest BCUT2D eigenvalue weighted by atomic mass is 16.5. The molecular weight excluding hydrogens is 176 g/mol. The van der Waals surface area contributed by atoms with Crippen molar-refractivity contribution in [3.63, 3.8) is 0 Å². The Labute approximate surface area is 86.6 Å². The highest BCUT2D eigenvalue weighted by Crippen LogP contribution is 2.02. The van der Waals surface area contributed by atoms with Gasteiger partial charge in [-0.3, -0.25) is 0 Å². The summed E-state index contributed by atoms with van der Waals surface area (Å²) in [4.78, 5) is 10.6. The van der Waals surface area contributed by atoms with Gasteiger partial charge in [0.05, 0.1) is 7.11 Å². The minimum Gasteiger partial charge on any atom is -0.466 e. The van der Waals surface area contributed by atoms with E-state index in [-0.39, 0.29) is 5.97 Å². The Morgan fingerprint density at radius 2 is 2.00 bits per heavy atom. The van der Waals surface area contributed by atoms with Gasteiger partial charge in [-0.05, 0) is 12.8 Å². The quantitative estimate of drug-likeness (QED) is 0.270. The van der Waals surface area contributed by atoms with Crippen LogP contribution in [0.2, 0.25) is 0 Å². The molecule has 0 radical (unpaired) electrons. The monoisotopic (exact) mass is 196 g/mol. The van der Waals surface area contributed by atoms with Crippen LogP contribution >= 0.6 is 0 Å². The summed E-state index contributed by atoms with van der Waals surface area (Å²) in [6.45, 7) is 2.20. The summed E-state index contributed by atoms with van der Waals surface area (Å²) in [5.74, 6) is -0.305. The first-order chi connectivity index (χ1) is 6.81. The van der Waals surface area contributed by atoms with E-state index in [1.807, 2.05) is 6.08 Å². The van der Waals surface area contributed by atoms with E-state index in [0.717, 1.165) is 6.42 Å². The highest BCUT2D eigenvalue weighted by Gasteiger charge is 1.86. The molecule has 0 aliphatic rings. The Morgan fingerprint density at radius 3 is 2.64 bits per heavy atom. The van der Waals surface area contributed by atoms with Crippen LogP contribution in [0.25, 0.3) is 0 Å². The van der Waals surface area contributed by atoms with Gasteiger partial charge in [0.2, 0.25) is 0 Å². The molecule has 0 N–H and O–H groups in total. The lowest BCUT2D eigenvalue weighted by Crippen LogP contribution is -1.92. The molecule has 0 unspecified atom stereocenters. The largest absolute Gasteiger partial charge is 0.466 e. The van der Waals surface area contributed by atoms with Crippen molar-refractivity contribution >= 4 is 5.97 Å². The van der Waals surface area contributed by atoms with Crippen molar-refractivity contribution in [3.8, 4) is 0 Å². The average Bonchev–Trinajstić information content (AvgIpc) is 2.21. The van der Waals surface area contributed by atoms with Crippen molar-refractivity contribution in [2.75, 3.05) is 7.11 Å². The van der Waals surface area contributed by atoms with Crippen LogP contribution in [0.4, 0.5) is 0 Å².